The molecule has 1 amide bonds. The van der Waals surface area contributed by atoms with E-state index in [1.807, 2.05) is 6.07 Å². The van der Waals surface area contributed by atoms with E-state index in [1.165, 1.54) is 18.5 Å². The monoisotopic (exact) mass is 366 g/mol. The molecule has 1 atom stereocenters. The molecule has 0 bridgehead atoms. The Morgan fingerprint density at radius 1 is 1.07 bits per heavy atom. The Morgan fingerprint density at radius 2 is 1.85 bits per heavy atom. The maximum atomic E-state index is 12.2. The van der Waals surface area contributed by atoms with Crippen LogP contribution in [0.5, 0.6) is 0 Å². The van der Waals surface area contributed by atoms with Crippen LogP contribution in [0.4, 0.5) is 17.1 Å². The molecule has 2 saturated heterocycles. The van der Waals surface area contributed by atoms with Gasteiger partial charge in [0.05, 0.1) is 18.0 Å². The lowest BCUT2D eigenvalue weighted by Gasteiger charge is -2.18. The van der Waals surface area contributed by atoms with Crippen molar-refractivity contribution in [2.45, 2.75) is 31.8 Å². The van der Waals surface area contributed by atoms with Crippen LogP contribution >= 0.6 is 0 Å². The highest BCUT2D eigenvalue weighted by Crippen LogP contribution is 2.23. The first kappa shape index (κ1) is 17.8. The van der Waals surface area contributed by atoms with Gasteiger partial charge in [0.15, 0.2) is 0 Å². The maximum absolute atomic E-state index is 12.2. The number of aromatic nitrogens is 1. The summed E-state index contributed by atoms with van der Waals surface area (Å²) in [6, 6.07) is 12.1. The first-order chi connectivity index (χ1) is 13.3. The second-order valence-electron chi connectivity index (χ2n) is 7.14. The largest absolute Gasteiger partial charge is 0.376 e. The average Bonchev–Trinajstić information content (AvgIpc) is 3.41. The number of amides is 1. The molecular weight excluding hydrogens is 340 g/mol. The van der Waals surface area contributed by atoms with Crippen LogP contribution in [0.1, 0.15) is 36.2 Å². The summed E-state index contributed by atoms with van der Waals surface area (Å²) >= 11 is 0. The van der Waals surface area contributed by atoms with Gasteiger partial charge in [0.25, 0.3) is 5.91 Å². The molecule has 0 saturated carbocycles. The molecule has 0 radical (unpaired) electrons. The fourth-order valence-electron chi connectivity index (χ4n) is 3.60. The number of anilines is 3. The smallest absolute Gasteiger partial charge is 0.269 e. The molecule has 27 heavy (non-hydrogen) atoms. The number of carbonyl (C=O) groups is 1. The predicted octanol–water partition coefficient (Wildman–Crippen LogP) is 3.33. The zero-order valence-electron chi connectivity index (χ0n) is 15.5. The van der Waals surface area contributed by atoms with Crippen LogP contribution in [0.25, 0.3) is 0 Å². The van der Waals surface area contributed by atoms with Gasteiger partial charge in [-0.1, -0.05) is 0 Å². The fraction of sp³-hybridized carbons (Fsp3) is 0.429. The molecule has 6 nitrogen and oxygen atoms in total. The summed E-state index contributed by atoms with van der Waals surface area (Å²) in [4.78, 5) is 18.9. The third-order valence-corrected chi connectivity index (χ3v) is 5.14. The van der Waals surface area contributed by atoms with E-state index in [0.717, 1.165) is 43.9 Å². The average molecular weight is 366 g/mol. The van der Waals surface area contributed by atoms with Gasteiger partial charge in [-0.05, 0) is 62.1 Å². The van der Waals surface area contributed by atoms with Crippen LogP contribution in [-0.2, 0) is 4.74 Å². The summed E-state index contributed by atoms with van der Waals surface area (Å²) in [5.74, 6) is -0.160. The Balaban J connectivity index is 1.31. The number of benzene rings is 1. The van der Waals surface area contributed by atoms with Gasteiger partial charge in [-0.15, -0.1) is 0 Å². The van der Waals surface area contributed by atoms with Crippen molar-refractivity contribution in [3.8, 4) is 0 Å². The number of hydrogen-bond donors (Lipinski definition) is 2. The molecule has 2 aliphatic rings. The number of carbonyl (C=O) groups excluding carboxylic acids is 1. The van der Waals surface area contributed by atoms with E-state index in [-0.39, 0.29) is 12.0 Å². The zero-order chi connectivity index (χ0) is 18.5. The molecular formula is C21H26N4O2. The Bertz CT molecular complexity index is 749. The molecule has 3 heterocycles. The van der Waals surface area contributed by atoms with Crippen LogP contribution in [0.3, 0.4) is 0 Å². The van der Waals surface area contributed by atoms with Crippen molar-refractivity contribution in [1.82, 2.24) is 10.3 Å². The van der Waals surface area contributed by atoms with E-state index in [4.69, 9.17) is 4.74 Å². The molecule has 2 aromatic rings. The molecule has 1 aromatic carbocycles. The third kappa shape index (κ3) is 4.57. The molecule has 0 aliphatic carbocycles. The Kier molecular flexibility index (Phi) is 5.53. The van der Waals surface area contributed by atoms with Gasteiger partial charge in [0.1, 0.15) is 5.69 Å². The first-order valence-electron chi connectivity index (χ1n) is 9.76. The number of nitrogens with one attached hydrogen (secondary N) is 2. The summed E-state index contributed by atoms with van der Waals surface area (Å²) in [7, 11) is 0. The van der Waals surface area contributed by atoms with Crippen LogP contribution in [-0.4, -0.2) is 43.2 Å². The van der Waals surface area contributed by atoms with Crippen molar-refractivity contribution in [3.63, 3.8) is 0 Å². The topological polar surface area (TPSA) is 66.5 Å². The van der Waals surface area contributed by atoms with E-state index in [9.17, 15) is 4.79 Å². The van der Waals surface area contributed by atoms with Gasteiger partial charge >= 0.3 is 0 Å². The van der Waals surface area contributed by atoms with Crippen molar-refractivity contribution in [1.29, 1.82) is 0 Å². The quantitative estimate of drug-likeness (QED) is 0.821. The normalized spacial score (nSPS) is 19.3. The third-order valence-electron chi connectivity index (χ3n) is 5.14. The first-order valence-corrected chi connectivity index (χ1v) is 9.76. The van der Waals surface area contributed by atoms with Crippen LogP contribution in [0.15, 0.2) is 42.6 Å². The highest BCUT2D eigenvalue weighted by Gasteiger charge is 2.17. The SMILES string of the molecule is O=C(NCC1CCCO1)c1ccc(Nc2ccc(N3CCCC3)cc2)cn1. The molecule has 2 N–H and O–H groups in total. The Hall–Kier alpha value is -2.60. The van der Waals surface area contributed by atoms with Crippen LogP contribution in [0.2, 0.25) is 0 Å². The lowest BCUT2D eigenvalue weighted by Crippen LogP contribution is -2.32. The molecule has 2 fully saturated rings. The summed E-state index contributed by atoms with van der Waals surface area (Å²) in [6.45, 7) is 3.63. The summed E-state index contributed by atoms with van der Waals surface area (Å²) < 4.78 is 5.52. The van der Waals surface area contributed by atoms with E-state index < -0.39 is 0 Å². The minimum atomic E-state index is -0.160. The van der Waals surface area contributed by atoms with E-state index in [0.29, 0.717) is 12.2 Å². The number of hydrogen-bond acceptors (Lipinski definition) is 5. The Labute approximate surface area is 159 Å². The highest BCUT2D eigenvalue weighted by atomic mass is 16.5. The molecule has 142 valence electrons. The minimum Gasteiger partial charge on any atom is -0.376 e. The fourth-order valence-corrected chi connectivity index (χ4v) is 3.60. The van der Waals surface area contributed by atoms with Crippen molar-refractivity contribution < 1.29 is 9.53 Å². The molecule has 2 aliphatic heterocycles. The second kappa shape index (κ2) is 8.39. The molecule has 1 aromatic heterocycles. The highest BCUT2D eigenvalue weighted by molar-refractivity contribution is 5.92. The lowest BCUT2D eigenvalue weighted by molar-refractivity contribution is 0.0854. The van der Waals surface area contributed by atoms with Gasteiger partial charge in [-0.25, -0.2) is 4.98 Å². The van der Waals surface area contributed by atoms with E-state index in [1.54, 1.807) is 12.3 Å². The van der Waals surface area contributed by atoms with E-state index >= 15 is 0 Å². The van der Waals surface area contributed by atoms with Crippen LogP contribution < -0.4 is 15.5 Å². The molecule has 0 spiro atoms. The number of rotatable bonds is 6. The number of ether oxygens (including phenoxy) is 1. The number of nitrogens with zero attached hydrogens (tertiary/aromatic N) is 2. The minimum absolute atomic E-state index is 0.137. The zero-order valence-corrected chi connectivity index (χ0v) is 15.5. The second-order valence-corrected chi connectivity index (χ2v) is 7.14. The summed E-state index contributed by atoms with van der Waals surface area (Å²) in [5, 5.41) is 6.22. The van der Waals surface area contributed by atoms with Crippen LogP contribution in [0, 0.1) is 0 Å². The molecule has 6 heteroatoms. The van der Waals surface area contributed by atoms with Crippen molar-refractivity contribution >= 4 is 23.0 Å². The Morgan fingerprint density at radius 3 is 2.52 bits per heavy atom. The maximum Gasteiger partial charge on any atom is 0.269 e. The van der Waals surface area contributed by atoms with Crippen molar-refractivity contribution in [3.05, 3.63) is 48.3 Å². The summed E-state index contributed by atoms with van der Waals surface area (Å²) in [5.41, 5.74) is 3.56. The van der Waals surface area contributed by atoms with Gasteiger partial charge < -0.3 is 20.3 Å². The molecule has 1 unspecified atom stereocenters. The van der Waals surface area contributed by atoms with Gasteiger partial charge in [0.2, 0.25) is 0 Å². The van der Waals surface area contributed by atoms with E-state index in [2.05, 4.69) is 44.8 Å². The standard InChI is InChI=1S/C21H26N4O2/c26-21(23-15-19-4-3-13-27-19)20-10-7-17(14-22-20)24-16-5-8-18(9-6-16)25-11-1-2-12-25/h5-10,14,19,24H,1-4,11-13,15H2,(H,23,26). The number of pyridine rings is 1. The predicted molar refractivity (Wildman–Crippen MR) is 107 cm³/mol. The van der Waals surface area contributed by atoms with Gasteiger partial charge in [-0.3, -0.25) is 4.79 Å². The van der Waals surface area contributed by atoms with Crippen molar-refractivity contribution in [2.75, 3.05) is 36.5 Å². The van der Waals surface area contributed by atoms with Gasteiger partial charge in [0, 0.05) is 37.6 Å². The summed E-state index contributed by atoms with van der Waals surface area (Å²) in [6.07, 6.45) is 6.46. The van der Waals surface area contributed by atoms with Crippen molar-refractivity contribution in [2.24, 2.45) is 0 Å². The van der Waals surface area contributed by atoms with Gasteiger partial charge in [-0.2, -0.15) is 0 Å². The lowest BCUT2D eigenvalue weighted by atomic mass is 10.2. The molecule has 4 rings (SSSR count).